The number of aliphatic hydroxyl groups is 1. The fourth-order valence-electron chi connectivity index (χ4n) is 2.50. The molecule has 0 amide bonds. The van der Waals surface area contributed by atoms with Gasteiger partial charge in [0.1, 0.15) is 6.10 Å². The van der Waals surface area contributed by atoms with Crippen molar-refractivity contribution in [1.29, 1.82) is 0 Å². The van der Waals surface area contributed by atoms with Crippen LogP contribution < -0.4 is 0 Å². The third kappa shape index (κ3) is 3.19. The van der Waals surface area contributed by atoms with Gasteiger partial charge >= 0.3 is 5.97 Å². The second-order valence-electron chi connectivity index (χ2n) is 4.97. The maximum absolute atomic E-state index is 11.8. The quantitative estimate of drug-likeness (QED) is 0.726. The van der Waals surface area contributed by atoms with E-state index in [1.807, 2.05) is 11.9 Å². The molecular formula is C12H20N2O3. The van der Waals surface area contributed by atoms with Gasteiger partial charge in [0.15, 0.2) is 6.10 Å². The Labute approximate surface area is 101 Å². The molecule has 5 nitrogen and oxygen atoms in total. The fourth-order valence-corrected chi connectivity index (χ4v) is 2.50. The smallest absolute Gasteiger partial charge is 0.335 e. The Bertz CT molecular complexity index is 300. The van der Waals surface area contributed by atoms with E-state index < -0.39 is 12.1 Å². The van der Waals surface area contributed by atoms with Crippen molar-refractivity contribution in [2.24, 2.45) is 10.9 Å². The predicted octanol–water partition coefficient (Wildman–Crippen LogP) is 0.423. The van der Waals surface area contributed by atoms with Crippen LogP contribution in [0.5, 0.6) is 0 Å². The Hall–Kier alpha value is -1.10. The summed E-state index contributed by atoms with van der Waals surface area (Å²) in [5, 5.41) is 9.89. The van der Waals surface area contributed by atoms with Crippen LogP contribution in [0.15, 0.2) is 4.99 Å². The van der Waals surface area contributed by atoms with E-state index in [0.717, 1.165) is 25.7 Å². The molecule has 96 valence electrons. The molecule has 1 saturated carbocycles. The lowest BCUT2D eigenvalue weighted by Gasteiger charge is -2.27. The molecule has 0 saturated heterocycles. The molecule has 0 aromatic heterocycles. The van der Waals surface area contributed by atoms with Gasteiger partial charge in [0, 0.05) is 7.05 Å². The normalized spacial score (nSPS) is 27.2. The molecule has 1 aliphatic heterocycles. The first-order valence-electron chi connectivity index (χ1n) is 6.25. The van der Waals surface area contributed by atoms with Crippen molar-refractivity contribution in [3.8, 4) is 0 Å². The van der Waals surface area contributed by atoms with E-state index in [1.54, 1.807) is 6.34 Å². The number of hydrogen-bond acceptors (Lipinski definition) is 5. The van der Waals surface area contributed by atoms with Crippen molar-refractivity contribution >= 4 is 12.3 Å². The first-order chi connectivity index (χ1) is 8.16. The highest BCUT2D eigenvalue weighted by atomic mass is 16.6. The molecule has 1 aliphatic carbocycles. The first kappa shape index (κ1) is 12.4. The van der Waals surface area contributed by atoms with Crippen molar-refractivity contribution in [1.82, 2.24) is 4.90 Å². The molecule has 2 rings (SSSR count). The van der Waals surface area contributed by atoms with Gasteiger partial charge in [0.25, 0.3) is 0 Å². The number of nitrogens with zero attached hydrogens (tertiary/aromatic N) is 2. The Kier molecular flexibility index (Phi) is 3.99. The van der Waals surface area contributed by atoms with Gasteiger partial charge in [-0.2, -0.15) is 0 Å². The summed E-state index contributed by atoms with van der Waals surface area (Å²) in [4.78, 5) is 17.7. The summed E-state index contributed by atoms with van der Waals surface area (Å²) in [6, 6.07) is 0. The third-order valence-electron chi connectivity index (χ3n) is 3.45. The zero-order chi connectivity index (χ0) is 12.3. The Morgan fingerprint density at radius 2 is 2.24 bits per heavy atom. The number of rotatable bonds is 3. The molecule has 0 radical (unpaired) electrons. The second-order valence-corrected chi connectivity index (χ2v) is 4.97. The van der Waals surface area contributed by atoms with Crippen LogP contribution in [0.3, 0.4) is 0 Å². The summed E-state index contributed by atoms with van der Waals surface area (Å²) in [7, 11) is 1.89. The van der Waals surface area contributed by atoms with Gasteiger partial charge in [0.05, 0.1) is 19.4 Å². The molecule has 0 bridgehead atoms. The van der Waals surface area contributed by atoms with E-state index in [2.05, 4.69) is 4.99 Å². The monoisotopic (exact) mass is 240 g/mol. The first-order valence-corrected chi connectivity index (χ1v) is 6.25. The van der Waals surface area contributed by atoms with E-state index in [-0.39, 0.29) is 12.0 Å². The van der Waals surface area contributed by atoms with E-state index in [9.17, 15) is 9.90 Å². The molecule has 1 heterocycles. The van der Waals surface area contributed by atoms with Crippen molar-refractivity contribution in [3.63, 3.8) is 0 Å². The summed E-state index contributed by atoms with van der Waals surface area (Å²) in [6.07, 6.45) is 4.62. The minimum absolute atomic E-state index is 0.0901. The van der Waals surface area contributed by atoms with Gasteiger partial charge in [-0.25, -0.2) is 4.79 Å². The summed E-state index contributed by atoms with van der Waals surface area (Å²) in [5.41, 5.74) is 0. The molecule has 0 aromatic carbocycles. The number of likely N-dealkylation sites (N-methyl/N-ethyl adjacent to an activating group) is 1. The van der Waals surface area contributed by atoms with Gasteiger partial charge in [-0.05, 0) is 18.8 Å². The summed E-state index contributed by atoms with van der Waals surface area (Å²) < 4.78 is 5.29. The van der Waals surface area contributed by atoms with Crippen LogP contribution in [-0.4, -0.2) is 54.7 Å². The zero-order valence-electron chi connectivity index (χ0n) is 10.2. The molecule has 17 heavy (non-hydrogen) atoms. The largest absolute Gasteiger partial charge is 0.457 e. The van der Waals surface area contributed by atoms with Crippen molar-refractivity contribution in [3.05, 3.63) is 0 Å². The SMILES string of the molecule is CN1C=NCC(OC(=O)C(O)C2CCCC2)C1. The van der Waals surface area contributed by atoms with E-state index in [4.69, 9.17) is 4.74 Å². The number of aliphatic hydroxyl groups excluding tert-OH is 1. The van der Waals surface area contributed by atoms with Crippen LogP contribution >= 0.6 is 0 Å². The molecule has 2 aliphatic rings. The van der Waals surface area contributed by atoms with E-state index >= 15 is 0 Å². The van der Waals surface area contributed by atoms with Crippen LogP contribution in [-0.2, 0) is 9.53 Å². The van der Waals surface area contributed by atoms with Crippen LogP contribution in [0.2, 0.25) is 0 Å². The Balaban J connectivity index is 1.81. The molecule has 1 fully saturated rings. The number of carbonyl (C=O) groups excluding carboxylic acids is 1. The maximum atomic E-state index is 11.8. The van der Waals surface area contributed by atoms with Gasteiger partial charge in [-0.15, -0.1) is 0 Å². The predicted molar refractivity (Wildman–Crippen MR) is 63.8 cm³/mol. The number of ether oxygens (including phenoxy) is 1. The Morgan fingerprint density at radius 3 is 2.88 bits per heavy atom. The Morgan fingerprint density at radius 1 is 1.53 bits per heavy atom. The lowest BCUT2D eigenvalue weighted by Crippen LogP contribution is -2.41. The van der Waals surface area contributed by atoms with Gasteiger partial charge < -0.3 is 14.7 Å². The van der Waals surface area contributed by atoms with Crippen LogP contribution in [0.25, 0.3) is 0 Å². The van der Waals surface area contributed by atoms with Crippen molar-refractivity contribution < 1.29 is 14.6 Å². The van der Waals surface area contributed by atoms with Crippen molar-refractivity contribution in [2.45, 2.75) is 37.9 Å². The number of hydrogen-bond donors (Lipinski definition) is 1. The van der Waals surface area contributed by atoms with E-state index in [1.165, 1.54) is 0 Å². The third-order valence-corrected chi connectivity index (χ3v) is 3.45. The molecule has 0 aromatic rings. The highest BCUT2D eigenvalue weighted by Gasteiger charge is 2.31. The molecular weight excluding hydrogens is 220 g/mol. The minimum Gasteiger partial charge on any atom is -0.457 e. The topological polar surface area (TPSA) is 62.1 Å². The number of aliphatic imine (C=N–C) groups is 1. The summed E-state index contributed by atoms with van der Waals surface area (Å²) in [5.74, 6) is -0.389. The standard InChI is InChI=1S/C12H20N2O3/c1-14-7-10(6-13-8-14)17-12(16)11(15)9-4-2-3-5-9/h8-11,15H,2-7H2,1H3. The van der Waals surface area contributed by atoms with Gasteiger partial charge in [-0.3, -0.25) is 4.99 Å². The highest BCUT2D eigenvalue weighted by Crippen LogP contribution is 2.28. The number of esters is 1. The average Bonchev–Trinajstić information content (AvgIpc) is 2.81. The van der Waals surface area contributed by atoms with Crippen LogP contribution in [0.4, 0.5) is 0 Å². The van der Waals surface area contributed by atoms with E-state index in [0.29, 0.717) is 13.1 Å². The fraction of sp³-hybridized carbons (Fsp3) is 0.833. The average molecular weight is 240 g/mol. The number of carbonyl (C=O) groups is 1. The molecule has 0 spiro atoms. The molecule has 2 atom stereocenters. The lowest BCUT2D eigenvalue weighted by molar-refractivity contribution is -0.162. The van der Waals surface area contributed by atoms with Gasteiger partial charge in [-0.1, -0.05) is 12.8 Å². The highest BCUT2D eigenvalue weighted by molar-refractivity contribution is 5.75. The zero-order valence-corrected chi connectivity index (χ0v) is 10.2. The van der Waals surface area contributed by atoms with Gasteiger partial charge in [0.2, 0.25) is 0 Å². The summed E-state index contributed by atoms with van der Waals surface area (Å²) >= 11 is 0. The molecule has 1 N–H and O–H groups in total. The van der Waals surface area contributed by atoms with Crippen molar-refractivity contribution in [2.75, 3.05) is 20.1 Å². The van der Waals surface area contributed by atoms with Crippen LogP contribution in [0, 0.1) is 5.92 Å². The minimum atomic E-state index is -0.950. The molecule has 2 unspecified atom stereocenters. The summed E-state index contributed by atoms with van der Waals surface area (Å²) in [6.45, 7) is 1.14. The second kappa shape index (κ2) is 5.49. The lowest BCUT2D eigenvalue weighted by atomic mass is 10.0. The maximum Gasteiger partial charge on any atom is 0.335 e. The molecule has 5 heteroatoms. The van der Waals surface area contributed by atoms with Crippen LogP contribution in [0.1, 0.15) is 25.7 Å².